The smallest absolute Gasteiger partial charge is 0 e. The van der Waals surface area contributed by atoms with Crippen molar-refractivity contribution in [2.75, 3.05) is 20.3 Å². The molecule has 0 aromatic rings. The van der Waals surface area contributed by atoms with Crippen LogP contribution in [0.4, 0.5) is 0 Å². The van der Waals surface area contributed by atoms with Crippen molar-refractivity contribution < 1.29 is 45.2 Å². The van der Waals surface area contributed by atoms with E-state index < -0.39 is 0 Å². The Morgan fingerprint density at radius 1 is 1.03 bits per heavy atom. The van der Waals surface area contributed by atoms with Crippen LogP contribution >= 0.6 is 0 Å². The summed E-state index contributed by atoms with van der Waals surface area (Å²) in [4.78, 5) is 0. The van der Waals surface area contributed by atoms with Crippen LogP contribution in [0, 0.1) is 30.8 Å². The van der Waals surface area contributed by atoms with E-state index in [9.17, 15) is 0 Å². The quantitative estimate of drug-likeness (QED) is 0.282. The maximum absolute atomic E-state index is 7.50. The molecule has 1 spiro atoms. The van der Waals surface area contributed by atoms with Crippen LogP contribution in [-0.4, -0.2) is 26.1 Å². The van der Waals surface area contributed by atoms with Crippen LogP contribution in [-0.2, 0) is 45.2 Å². The zero-order valence-electron chi connectivity index (χ0n) is 17.2. The molecule has 0 bridgehead atoms. The third-order valence-corrected chi connectivity index (χ3v) is 6.10. The Morgan fingerprint density at radius 3 is 1.90 bits per heavy atom. The molecule has 3 rings (SSSR count). The first-order chi connectivity index (χ1) is 13.5. The Bertz CT molecular complexity index is 615. The van der Waals surface area contributed by atoms with E-state index in [1.807, 2.05) is 0 Å². The number of rotatable bonds is 3. The molecule has 0 aromatic heterocycles. The van der Waals surface area contributed by atoms with E-state index in [0.717, 1.165) is 51.1 Å². The molecular formula is C22H28FeO6. The third kappa shape index (κ3) is 6.33. The van der Waals surface area contributed by atoms with E-state index in [1.54, 1.807) is 7.11 Å². The van der Waals surface area contributed by atoms with Crippen LogP contribution in [0.15, 0.2) is 36.1 Å². The van der Waals surface area contributed by atoms with Crippen LogP contribution in [0.1, 0.15) is 46.0 Å². The fourth-order valence-electron chi connectivity index (χ4n) is 4.54. The molecule has 160 valence electrons. The minimum atomic E-state index is -0.316. The molecule has 7 heteroatoms. The van der Waals surface area contributed by atoms with Gasteiger partial charge in [0.25, 0.3) is 0 Å². The predicted molar refractivity (Wildman–Crippen MR) is 99.1 cm³/mol. The monoisotopic (exact) mass is 444 g/mol. The number of hydrogen-bond acceptors (Lipinski definition) is 3. The van der Waals surface area contributed by atoms with Crippen molar-refractivity contribution in [1.82, 2.24) is 0 Å². The molecule has 1 saturated carbocycles. The first kappa shape index (κ1) is 29.9. The second-order valence-corrected chi connectivity index (χ2v) is 7.19. The summed E-state index contributed by atoms with van der Waals surface area (Å²) in [5.41, 5.74) is 1.41. The van der Waals surface area contributed by atoms with E-state index in [-0.39, 0.29) is 33.7 Å². The number of hydrogen-bond donors (Lipinski definition) is 0. The van der Waals surface area contributed by atoms with Gasteiger partial charge in [-0.25, -0.2) is 0 Å². The van der Waals surface area contributed by atoms with Gasteiger partial charge < -0.3 is 14.2 Å². The Kier molecular flexibility index (Phi) is 14.2. The number of allylic oxidation sites excluding steroid dienone is 4. The van der Waals surface area contributed by atoms with Gasteiger partial charge in [-0.15, -0.1) is 6.58 Å². The van der Waals surface area contributed by atoms with Crippen molar-refractivity contribution in [2.45, 2.75) is 51.7 Å². The van der Waals surface area contributed by atoms with Crippen LogP contribution in [0.25, 0.3) is 0 Å². The summed E-state index contributed by atoms with van der Waals surface area (Å²) in [5, 5.41) is 0. The zero-order valence-corrected chi connectivity index (χ0v) is 18.3. The maximum atomic E-state index is 7.50. The van der Waals surface area contributed by atoms with Gasteiger partial charge in [-0.2, -0.15) is 0 Å². The van der Waals surface area contributed by atoms with Gasteiger partial charge in [-0.05, 0) is 48.7 Å². The van der Waals surface area contributed by atoms with Crippen molar-refractivity contribution in [2.24, 2.45) is 10.8 Å². The fraction of sp³-hybridized carbons (Fsp3) is 0.591. The largest absolute Gasteiger partial charge is 0 e. The molecule has 1 heterocycles. The second-order valence-electron chi connectivity index (χ2n) is 7.19. The molecule has 2 fully saturated rings. The molecule has 0 radical (unpaired) electrons. The van der Waals surface area contributed by atoms with Crippen molar-refractivity contribution in [3.05, 3.63) is 56.1 Å². The summed E-state index contributed by atoms with van der Waals surface area (Å²) in [5.74, 6) is 0.690. The second kappa shape index (κ2) is 13.8. The van der Waals surface area contributed by atoms with Crippen molar-refractivity contribution >= 4 is 0 Å². The normalized spacial score (nSPS) is 25.4. The van der Waals surface area contributed by atoms with Crippen LogP contribution in [0.3, 0.4) is 0 Å². The van der Waals surface area contributed by atoms with E-state index in [1.165, 1.54) is 5.57 Å². The fourth-order valence-corrected chi connectivity index (χ4v) is 4.54. The number of methoxy groups -OCH3 is 1. The Labute approximate surface area is 184 Å². The summed E-state index contributed by atoms with van der Waals surface area (Å²) < 4.78 is 39.7. The van der Waals surface area contributed by atoms with Crippen LogP contribution in [0.5, 0.6) is 0 Å². The minimum Gasteiger partial charge on any atom is 0 e. The Hall–Kier alpha value is -1.32. The Balaban J connectivity index is 0. The van der Waals surface area contributed by atoms with Crippen LogP contribution in [0.2, 0.25) is 0 Å². The molecule has 6 nitrogen and oxygen atoms in total. The molecule has 1 aliphatic heterocycles. The molecule has 1 saturated heterocycles. The maximum Gasteiger partial charge on any atom is 0 e. The topological polar surface area (TPSA) is 87.4 Å². The summed E-state index contributed by atoms with van der Waals surface area (Å²) in [6.45, 7) is 23.7. The van der Waals surface area contributed by atoms with E-state index >= 15 is 0 Å². The molecule has 3 aliphatic rings. The molecule has 29 heavy (non-hydrogen) atoms. The summed E-state index contributed by atoms with van der Waals surface area (Å²) in [7, 11) is 1.74. The van der Waals surface area contributed by atoms with Gasteiger partial charge in [0.2, 0.25) is 0 Å². The minimum absolute atomic E-state index is 0. The molecule has 0 amide bonds. The summed E-state index contributed by atoms with van der Waals surface area (Å²) in [6.07, 6.45) is 11.8. The van der Waals surface area contributed by atoms with Crippen molar-refractivity contribution in [3.63, 3.8) is 0 Å². The van der Waals surface area contributed by atoms with Gasteiger partial charge in [0.05, 0.1) is 20.3 Å². The first-order valence-corrected chi connectivity index (χ1v) is 8.95. The molecule has 1 atom stereocenters. The first-order valence-electron chi connectivity index (χ1n) is 8.95. The average Bonchev–Trinajstić information content (AvgIpc) is 3.21. The van der Waals surface area contributed by atoms with Gasteiger partial charge in [0, 0.05) is 29.9 Å². The van der Waals surface area contributed by atoms with Gasteiger partial charge in [0.15, 0.2) is 5.79 Å². The Morgan fingerprint density at radius 2 is 1.52 bits per heavy atom. The molecule has 0 aromatic carbocycles. The average molecular weight is 444 g/mol. The van der Waals surface area contributed by atoms with Gasteiger partial charge >= 0.3 is 33.9 Å². The molecule has 1 unspecified atom stereocenters. The third-order valence-electron chi connectivity index (χ3n) is 6.10. The SMILES string of the molecule is C=CC1(C2(C)C=C(C)C(OC)=CC2)CCC2(CC1)OCCO2.[C-]#[O+].[C-]#[O+].[C-]#[O+].[Fe]. The molecular weight excluding hydrogens is 416 g/mol. The van der Waals surface area contributed by atoms with E-state index in [4.69, 9.17) is 28.2 Å². The van der Waals surface area contributed by atoms with Crippen molar-refractivity contribution in [1.29, 1.82) is 0 Å². The van der Waals surface area contributed by atoms with Gasteiger partial charge in [-0.1, -0.05) is 19.1 Å². The summed E-state index contributed by atoms with van der Waals surface area (Å²) in [6, 6.07) is 0. The van der Waals surface area contributed by atoms with Crippen molar-refractivity contribution in [3.8, 4) is 0 Å². The van der Waals surface area contributed by atoms with Gasteiger partial charge in [-0.3, -0.25) is 0 Å². The zero-order chi connectivity index (χ0) is 21.8. The number of ether oxygens (including phenoxy) is 3. The van der Waals surface area contributed by atoms with E-state index in [2.05, 4.69) is 58.6 Å². The summed E-state index contributed by atoms with van der Waals surface area (Å²) >= 11 is 0. The van der Waals surface area contributed by atoms with E-state index in [0.29, 0.717) is 0 Å². The van der Waals surface area contributed by atoms with Crippen LogP contribution < -0.4 is 0 Å². The predicted octanol–water partition coefficient (Wildman–Crippen LogP) is 4.25. The standard InChI is InChI=1S/C19H28O3.3CO.Fe/c1-5-18(8-10-19(11-9-18)21-12-13-22-19)17(3)7-6-16(20-4)15(2)14-17;3*1-2;/h5-6,14H,1,7-13H2,2-4H3;;;;. The molecule has 0 N–H and O–H groups in total. The van der Waals surface area contributed by atoms with Gasteiger partial charge in [0.1, 0.15) is 5.76 Å². The molecule has 2 aliphatic carbocycles.